The minimum absolute atomic E-state index is 0.109. The van der Waals surface area contributed by atoms with Crippen LogP contribution in [0.2, 0.25) is 0 Å². The van der Waals surface area contributed by atoms with Crippen molar-refractivity contribution >= 4 is 5.91 Å². The lowest BCUT2D eigenvalue weighted by atomic mass is 9.96. The number of benzene rings is 2. The minimum atomic E-state index is -0.280. The predicted octanol–water partition coefficient (Wildman–Crippen LogP) is 3.46. The van der Waals surface area contributed by atoms with E-state index in [1.54, 1.807) is 24.3 Å². The Morgan fingerprint density at radius 2 is 1.47 bits per heavy atom. The normalized spacial score (nSPS) is 20.3. The van der Waals surface area contributed by atoms with Crippen molar-refractivity contribution in [3.05, 3.63) is 83.4 Å². The molecule has 2 aromatic rings. The molecule has 1 amide bonds. The molecule has 0 aliphatic carbocycles. The number of piperazine rings is 1. The second kappa shape index (κ2) is 9.06. The number of rotatable bonds is 5. The number of nitrogens with zero attached hydrogens (tertiary/aromatic N) is 3. The molecule has 0 unspecified atom stereocenters. The average Bonchev–Trinajstić information content (AvgIpc) is 3.25. The standard InChI is InChI=1S/C24H27F2N3O/c1-2-27-13-3-4-22(27)24(30)29-16-14-28(15-17-29)23(18-5-9-20(25)10-6-18)19-7-11-21(26)12-8-19/h3-12,22-23H,2,13-17H2,1H3/t22-/m0/s1. The monoisotopic (exact) mass is 411 g/mol. The number of carbonyl (C=O) groups excluding carboxylic acids is 1. The van der Waals surface area contributed by atoms with Crippen LogP contribution in [-0.4, -0.2) is 65.9 Å². The van der Waals surface area contributed by atoms with Crippen molar-refractivity contribution in [2.24, 2.45) is 0 Å². The molecule has 0 spiro atoms. The van der Waals surface area contributed by atoms with E-state index >= 15 is 0 Å². The third-order valence-corrected chi connectivity index (χ3v) is 6.07. The molecule has 6 heteroatoms. The van der Waals surface area contributed by atoms with Gasteiger partial charge in [-0.1, -0.05) is 43.3 Å². The molecule has 2 aliphatic heterocycles. The van der Waals surface area contributed by atoms with Gasteiger partial charge in [0.2, 0.25) is 5.91 Å². The summed E-state index contributed by atoms with van der Waals surface area (Å²) in [6, 6.07) is 12.7. The molecule has 4 rings (SSSR count). The second-order valence-corrected chi connectivity index (χ2v) is 7.83. The van der Waals surface area contributed by atoms with Gasteiger partial charge in [0.1, 0.15) is 17.7 Å². The Morgan fingerprint density at radius 1 is 0.933 bits per heavy atom. The highest BCUT2D eigenvalue weighted by Crippen LogP contribution is 2.30. The van der Waals surface area contributed by atoms with Crippen molar-refractivity contribution in [2.45, 2.75) is 19.0 Å². The summed E-state index contributed by atoms with van der Waals surface area (Å²) in [4.78, 5) is 19.4. The number of carbonyl (C=O) groups is 1. The van der Waals surface area contributed by atoms with E-state index in [-0.39, 0.29) is 29.6 Å². The lowest BCUT2D eigenvalue weighted by Gasteiger charge is -2.41. The minimum Gasteiger partial charge on any atom is -0.338 e. The van der Waals surface area contributed by atoms with Crippen molar-refractivity contribution in [1.82, 2.24) is 14.7 Å². The largest absolute Gasteiger partial charge is 0.338 e. The summed E-state index contributed by atoms with van der Waals surface area (Å²) < 4.78 is 27.0. The zero-order chi connectivity index (χ0) is 21.1. The average molecular weight is 411 g/mol. The van der Waals surface area contributed by atoms with Crippen LogP contribution in [0.4, 0.5) is 8.78 Å². The Labute approximate surface area is 176 Å². The Morgan fingerprint density at radius 3 is 1.97 bits per heavy atom. The number of hydrogen-bond acceptors (Lipinski definition) is 3. The van der Waals surface area contributed by atoms with Crippen LogP contribution in [0.5, 0.6) is 0 Å². The number of halogens is 2. The first kappa shape index (κ1) is 20.7. The van der Waals surface area contributed by atoms with Gasteiger partial charge in [0.25, 0.3) is 0 Å². The van der Waals surface area contributed by atoms with Crippen LogP contribution in [0.15, 0.2) is 60.7 Å². The molecule has 0 aromatic heterocycles. The van der Waals surface area contributed by atoms with Crippen molar-refractivity contribution in [2.75, 3.05) is 39.3 Å². The van der Waals surface area contributed by atoms with E-state index in [4.69, 9.17) is 0 Å². The van der Waals surface area contributed by atoms with Gasteiger partial charge in [0, 0.05) is 32.7 Å². The fraction of sp³-hybridized carbons (Fsp3) is 0.375. The molecule has 30 heavy (non-hydrogen) atoms. The van der Waals surface area contributed by atoms with E-state index in [9.17, 15) is 13.6 Å². The molecule has 158 valence electrons. The fourth-order valence-corrected chi connectivity index (χ4v) is 4.42. The molecular formula is C24H27F2N3O. The molecule has 2 aliphatic rings. The van der Waals surface area contributed by atoms with Crippen LogP contribution in [0, 0.1) is 11.6 Å². The fourth-order valence-electron chi connectivity index (χ4n) is 4.42. The van der Waals surface area contributed by atoms with Crippen molar-refractivity contribution < 1.29 is 13.6 Å². The molecule has 0 bridgehead atoms. The van der Waals surface area contributed by atoms with E-state index in [2.05, 4.69) is 22.8 Å². The summed E-state index contributed by atoms with van der Waals surface area (Å²) in [7, 11) is 0. The molecule has 0 saturated carbocycles. The molecular weight excluding hydrogens is 384 g/mol. The van der Waals surface area contributed by atoms with Crippen LogP contribution in [-0.2, 0) is 4.79 Å². The van der Waals surface area contributed by atoms with E-state index < -0.39 is 0 Å². The maximum absolute atomic E-state index is 13.5. The highest BCUT2D eigenvalue weighted by Gasteiger charge is 2.33. The quantitative estimate of drug-likeness (QED) is 0.705. The first-order valence-electron chi connectivity index (χ1n) is 10.5. The highest BCUT2D eigenvalue weighted by atomic mass is 19.1. The van der Waals surface area contributed by atoms with Gasteiger partial charge in [-0.05, 0) is 41.9 Å². The summed E-state index contributed by atoms with van der Waals surface area (Å²) in [6.07, 6.45) is 4.06. The first-order chi connectivity index (χ1) is 14.6. The lowest BCUT2D eigenvalue weighted by molar-refractivity contribution is -0.136. The lowest BCUT2D eigenvalue weighted by Crippen LogP contribution is -2.54. The predicted molar refractivity (Wildman–Crippen MR) is 113 cm³/mol. The van der Waals surface area contributed by atoms with Crippen molar-refractivity contribution in [1.29, 1.82) is 0 Å². The number of hydrogen-bond donors (Lipinski definition) is 0. The van der Waals surface area contributed by atoms with Gasteiger partial charge in [-0.3, -0.25) is 14.6 Å². The molecule has 1 saturated heterocycles. The Bertz CT molecular complexity index is 844. The van der Waals surface area contributed by atoms with Crippen LogP contribution in [0.3, 0.4) is 0 Å². The third kappa shape index (κ3) is 4.30. The van der Waals surface area contributed by atoms with E-state index in [0.29, 0.717) is 26.2 Å². The topological polar surface area (TPSA) is 26.8 Å². The Balaban J connectivity index is 1.50. The number of amides is 1. The molecule has 0 radical (unpaired) electrons. The van der Waals surface area contributed by atoms with E-state index in [1.807, 2.05) is 11.0 Å². The first-order valence-corrected chi connectivity index (χ1v) is 10.5. The van der Waals surface area contributed by atoms with Crippen molar-refractivity contribution in [3.63, 3.8) is 0 Å². The van der Waals surface area contributed by atoms with Crippen LogP contribution in [0.1, 0.15) is 24.1 Å². The third-order valence-electron chi connectivity index (χ3n) is 6.07. The molecule has 2 heterocycles. The summed E-state index contributed by atoms with van der Waals surface area (Å²) in [5.74, 6) is -0.403. The molecule has 1 atom stereocenters. The highest BCUT2D eigenvalue weighted by molar-refractivity contribution is 5.84. The van der Waals surface area contributed by atoms with Gasteiger partial charge < -0.3 is 4.90 Å². The molecule has 1 fully saturated rings. The van der Waals surface area contributed by atoms with Crippen LogP contribution in [0.25, 0.3) is 0 Å². The Hall–Kier alpha value is -2.57. The summed E-state index contributed by atoms with van der Waals surface area (Å²) in [6.45, 7) is 6.42. The van der Waals surface area contributed by atoms with Gasteiger partial charge in [-0.2, -0.15) is 0 Å². The van der Waals surface area contributed by atoms with Crippen LogP contribution < -0.4 is 0 Å². The Kier molecular flexibility index (Phi) is 6.25. The molecule has 4 nitrogen and oxygen atoms in total. The van der Waals surface area contributed by atoms with Gasteiger partial charge in [-0.15, -0.1) is 0 Å². The maximum atomic E-state index is 13.5. The van der Waals surface area contributed by atoms with Crippen LogP contribution >= 0.6 is 0 Å². The summed E-state index contributed by atoms with van der Waals surface area (Å²) in [5, 5.41) is 0. The van der Waals surface area contributed by atoms with Gasteiger partial charge in [-0.25, -0.2) is 8.78 Å². The SMILES string of the molecule is CCN1CC=C[C@H]1C(=O)N1CCN(C(c2ccc(F)cc2)c2ccc(F)cc2)CC1. The second-order valence-electron chi connectivity index (χ2n) is 7.83. The van der Waals surface area contributed by atoms with Gasteiger partial charge >= 0.3 is 0 Å². The van der Waals surface area contributed by atoms with Gasteiger partial charge in [0.05, 0.1) is 6.04 Å². The van der Waals surface area contributed by atoms with Crippen molar-refractivity contribution in [3.8, 4) is 0 Å². The van der Waals surface area contributed by atoms with E-state index in [0.717, 1.165) is 24.2 Å². The zero-order valence-electron chi connectivity index (χ0n) is 17.2. The van der Waals surface area contributed by atoms with E-state index in [1.165, 1.54) is 24.3 Å². The smallest absolute Gasteiger partial charge is 0.244 e. The van der Waals surface area contributed by atoms with Gasteiger partial charge in [0.15, 0.2) is 0 Å². The maximum Gasteiger partial charge on any atom is 0.244 e. The number of likely N-dealkylation sites (N-methyl/N-ethyl adjacent to an activating group) is 1. The summed E-state index contributed by atoms with van der Waals surface area (Å²) in [5.41, 5.74) is 1.91. The zero-order valence-corrected chi connectivity index (χ0v) is 17.2. The molecule has 0 N–H and O–H groups in total. The summed E-state index contributed by atoms with van der Waals surface area (Å²) >= 11 is 0. The molecule has 2 aromatic carbocycles.